The van der Waals surface area contributed by atoms with E-state index in [1.165, 1.54) is 0 Å². The maximum atomic E-state index is 12.0. The van der Waals surface area contributed by atoms with Gasteiger partial charge in [0.25, 0.3) is 0 Å². The Labute approximate surface area is 103 Å². The van der Waals surface area contributed by atoms with Crippen molar-refractivity contribution in [2.45, 2.75) is 46.7 Å². The fourth-order valence-corrected chi connectivity index (χ4v) is 1.89. The summed E-state index contributed by atoms with van der Waals surface area (Å²) in [5.41, 5.74) is 0. The number of rotatable bonds is 4. The van der Waals surface area contributed by atoms with Gasteiger partial charge in [0.05, 0.1) is 0 Å². The molecule has 1 rings (SSSR count). The van der Waals surface area contributed by atoms with E-state index < -0.39 is 0 Å². The summed E-state index contributed by atoms with van der Waals surface area (Å²) >= 11 is 0. The molecule has 0 aliphatic heterocycles. The SMILES string of the molecule is Cc1ccc(/C=C/C(=O)N(C(C)C)C(C)C)o1. The van der Waals surface area contributed by atoms with E-state index in [4.69, 9.17) is 4.42 Å². The Morgan fingerprint density at radius 3 is 2.24 bits per heavy atom. The second kappa shape index (κ2) is 5.71. The number of carbonyl (C=O) groups is 1. The van der Waals surface area contributed by atoms with Crippen molar-refractivity contribution in [2.24, 2.45) is 0 Å². The van der Waals surface area contributed by atoms with Gasteiger partial charge in [-0.2, -0.15) is 0 Å². The summed E-state index contributed by atoms with van der Waals surface area (Å²) in [5.74, 6) is 1.58. The van der Waals surface area contributed by atoms with Crippen LogP contribution in [-0.4, -0.2) is 22.9 Å². The number of hydrogen-bond acceptors (Lipinski definition) is 2. The Balaban J connectivity index is 2.73. The van der Waals surface area contributed by atoms with Gasteiger partial charge in [0, 0.05) is 18.2 Å². The third-order valence-corrected chi connectivity index (χ3v) is 2.52. The number of nitrogens with zero attached hydrogens (tertiary/aromatic N) is 1. The maximum absolute atomic E-state index is 12.0. The summed E-state index contributed by atoms with van der Waals surface area (Å²) in [6, 6.07) is 4.14. The smallest absolute Gasteiger partial charge is 0.247 e. The zero-order valence-electron chi connectivity index (χ0n) is 11.2. The lowest BCUT2D eigenvalue weighted by Crippen LogP contribution is -2.41. The molecule has 0 fully saturated rings. The van der Waals surface area contributed by atoms with Gasteiger partial charge < -0.3 is 9.32 Å². The largest absolute Gasteiger partial charge is 0.462 e. The van der Waals surface area contributed by atoms with Crippen LogP contribution in [0.25, 0.3) is 6.08 Å². The molecule has 0 N–H and O–H groups in total. The molecule has 1 aromatic heterocycles. The summed E-state index contributed by atoms with van der Waals surface area (Å²) in [6.07, 6.45) is 3.28. The fourth-order valence-electron chi connectivity index (χ4n) is 1.89. The van der Waals surface area contributed by atoms with Crippen molar-refractivity contribution < 1.29 is 9.21 Å². The first kappa shape index (κ1) is 13.6. The quantitative estimate of drug-likeness (QED) is 0.751. The summed E-state index contributed by atoms with van der Waals surface area (Å²) < 4.78 is 5.38. The van der Waals surface area contributed by atoms with Crippen LogP contribution in [0.4, 0.5) is 0 Å². The van der Waals surface area contributed by atoms with Crippen LogP contribution in [0.2, 0.25) is 0 Å². The summed E-state index contributed by atoms with van der Waals surface area (Å²) in [5, 5.41) is 0. The number of furan rings is 1. The lowest BCUT2D eigenvalue weighted by Gasteiger charge is -2.29. The topological polar surface area (TPSA) is 33.5 Å². The monoisotopic (exact) mass is 235 g/mol. The molecule has 1 amide bonds. The van der Waals surface area contributed by atoms with Gasteiger partial charge in [-0.25, -0.2) is 0 Å². The van der Waals surface area contributed by atoms with Gasteiger partial charge in [0.2, 0.25) is 5.91 Å². The molecular formula is C14H21NO2. The lowest BCUT2D eigenvalue weighted by atomic mass is 10.2. The van der Waals surface area contributed by atoms with E-state index in [2.05, 4.69) is 0 Å². The minimum Gasteiger partial charge on any atom is -0.462 e. The minimum absolute atomic E-state index is 0.0176. The number of hydrogen-bond donors (Lipinski definition) is 0. The van der Waals surface area contributed by atoms with Crippen LogP contribution in [0.5, 0.6) is 0 Å². The van der Waals surface area contributed by atoms with E-state index in [0.717, 1.165) is 5.76 Å². The normalized spacial score (nSPS) is 11.7. The molecule has 17 heavy (non-hydrogen) atoms. The van der Waals surface area contributed by atoms with Crippen LogP contribution in [-0.2, 0) is 4.79 Å². The molecule has 0 spiro atoms. The number of amides is 1. The van der Waals surface area contributed by atoms with E-state index in [1.807, 2.05) is 51.7 Å². The van der Waals surface area contributed by atoms with E-state index in [1.54, 1.807) is 12.2 Å². The van der Waals surface area contributed by atoms with Crippen molar-refractivity contribution in [3.8, 4) is 0 Å². The highest BCUT2D eigenvalue weighted by Gasteiger charge is 2.17. The van der Waals surface area contributed by atoms with Gasteiger partial charge in [0.1, 0.15) is 11.5 Å². The van der Waals surface area contributed by atoms with Crippen molar-refractivity contribution in [1.29, 1.82) is 0 Å². The molecule has 1 heterocycles. The maximum Gasteiger partial charge on any atom is 0.247 e. The summed E-state index contributed by atoms with van der Waals surface area (Å²) in [6.45, 7) is 9.95. The minimum atomic E-state index is 0.0176. The Kier molecular flexibility index (Phi) is 4.55. The molecule has 0 aromatic carbocycles. The molecule has 0 unspecified atom stereocenters. The van der Waals surface area contributed by atoms with E-state index >= 15 is 0 Å². The van der Waals surface area contributed by atoms with Crippen molar-refractivity contribution in [3.05, 3.63) is 29.7 Å². The lowest BCUT2D eigenvalue weighted by molar-refractivity contribution is -0.129. The average molecular weight is 235 g/mol. The first-order chi connectivity index (χ1) is 7.91. The standard InChI is InChI=1S/C14H21NO2/c1-10(2)15(11(3)4)14(16)9-8-13-7-6-12(5)17-13/h6-11H,1-5H3/b9-8+. The van der Waals surface area contributed by atoms with Crippen LogP contribution < -0.4 is 0 Å². The van der Waals surface area contributed by atoms with Crippen LogP contribution in [0, 0.1) is 6.92 Å². The van der Waals surface area contributed by atoms with Crippen LogP contribution in [0.3, 0.4) is 0 Å². The zero-order valence-corrected chi connectivity index (χ0v) is 11.2. The van der Waals surface area contributed by atoms with E-state index in [0.29, 0.717) is 5.76 Å². The highest BCUT2D eigenvalue weighted by molar-refractivity contribution is 5.91. The van der Waals surface area contributed by atoms with Gasteiger partial charge in [-0.1, -0.05) is 0 Å². The molecule has 3 heteroatoms. The second-order valence-corrected chi connectivity index (χ2v) is 4.71. The van der Waals surface area contributed by atoms with E-state index in [9.17, 15) is 4.79 Å². The van der Waals surface area contributed by atoms with Crippen LogP contribution in [0.15, 0.2) is 22.6 Å². The molecule has 3 nitrogen and oxygen atoms in total. The number of carbonyl (C=O) groups excluding carboxylic acids is 1. The van der Waals surface area contributed by atoms with Gasteiger partial charge >= 0.3 is 0 Å². The first-order valence-electron chi connectivity index (χ1n) is 5.98. The van der Waals surface area contributed by atoms with Gasteiger partial charge in [-0.3, -0.25) is 4.79 Å². The average Bonchev–Trinajstić information content (AvgIpc) is 2.60. The van der Waals surface area contributed by atoms with E-state index in [-0.39, 0.29) is 18.0 Å². The second-order valence-electron chi connectivity index (χ2n) is 4.71. The van der Waals surface area contributed by atoms with Gasteiger partial charge in [0.15, 0.2) is 0 Å². The van der Waals surface area contributed by atoms with Gasteiger partial charge in [-0.15, -0.1) is 0 Å². The van der Waals surface area contributed by atoms with Crippen molar-refractivity contribution in [3.63, 3.8) is 0 Å². The van der Waals surface area contributed by atoms with Gasteiger partial charge in [-0.05, 0) is 52.8 Å². The van der Waals surface area contributed by atoms with Crippen LogP contribution in [0.1, 0.15) is 39.2 Å². The Morgan fingerprint density at radius 1 is 1.24 bits per heavy atom. The molecule has 0 radical (unpaired) electrons. The first-order valence-corrected chi connectivity index (χ1v) is 5.98. The highest BCUT2D eigenvalue weighted by atomic mass is 16.3. The Hall–Kier alpha value is -1.51. The Bertz CT molecular complexity index is 394. The molecule has 0 aliphatic rings. The van der Waals surface area contributed by atoms with Crippen molar-refractivity contribution >= 4 is 12.0 Å². The van der Waals surface area contributed by atoms with Crippen molar-refractivity contribution in [1.82, 2.24) is 4.90 Å². The fraction of sp³-hybridized carbons (Fsp3) is 0.500. The zero-order chi connectivity index (χ0) is 13.0. The highest BCUT2D eigenvalue weighted by Crippen LogP contribution is 2.10. The molecule has 0 saturated heterocycles. The molecule has 1 aromatic rings. The summed E-state index contributed by atoms with van der Waals surface area (Å²) in [4.78, 5) is 13.8. The number of aryl methyl sites for hydroxylation is 1. The molecular weight excluding hydrogens is 214 g/mol. The molecule has 0 bridgehead atoms. The van der Waals surface area contributed by atoms with Crippen LogP contribution >= 0.6 is 0 Å². The predicted molar refractivity (Wildman–Crippen MR) is 69.6 cm³/mol. The molecule has 94 valence electrons. The Morgan fingerprint density at radius 2 is 1.82 bits per heavy atom. The third-order valence-electron chi connectivity index (χ3n) is 2.52. The predicted octanol–water partition coefficient (Wildman–Crippen LogP) is 3.25. The molecule has 0 atom stereocenters. The molecule has 0 saturated carbocycles. The summed E-state index contributed by atoms with van der Waals surface area (Å²) in [7, 11) is 0. The third kappa shape index (κ3) is 3.77. The van der Waals surface area contributed by atoms with Crippen molar-refractivity contribution in [2.75, 3.05) is 0 Å². The molecule has 0 aliphatic carbocycles.